The zero-order valence-corrected chi connectivity index (χ0v) is 13.3. The normalized spacial score (nSPS) is 11.9. The van der Waals surface area contributed by atoms with Gasteiger partial charge < -0.3 is 5.32 Å². The lowest BCUT2D eigenvalue weighted by atomic mass is 10.2. The van der Waals surface area contributed by atoms with Gasteiger partial charge in [-0.05, 0) is 29.8 Å². The lowest BCUT2D eigenvalue weighted by molar-refractivity contribution is 0.0960. The Morgan fingerprint density at radius 1 is 1.15 bits per heavy atom. The molecule has 0 saturated heterocycles. The Balaban J connectivity index is 2.25. The van der Waals surface area contributed by atoms with Crippen molar-refractivity contribution in [3.63, 3.8) is 0 Å². The predicted octanol–water partition coefficient (Wildman–Crippen LogP) is 3.12. The van der Waals surface area contributed by atoms with Crippen LogP contribution in [0.3, 0.4) is 0 Å². The van der Waals surface area contributed by atoms with E-state index in [2.05, 4.69) is 21.2 Å². The molecule has 0 aromatic heterocycles. The highest BCUT2D eigenvalue weighted by Crippen LogP contribution is 2.18. The summed E-state index contributed by atoms with van der Waals surface area (Å²) in [4.78, 5) is 12.3. The van der Waals surface area contributed by atoms with E-state index < -0.39 is 10.8 Å². The van der Waals surface area contributed by atoms with Crippen molar-refractivity contribution in [2.24, 2.45) is 0 Å². The van der Waals surface area contributed by atoms with Crippen LogP contribution in [-0.4, -0.2) is 17.2 Å². The van der Waals surface area contributed by atoms with Crippen LogP contribution >= 0.6 is 15.9 Å². The molecule has 5 heteroatoms. The van der Waals surface area contributed by atoms with Gasteiger partial charge in [0.15, 0.2) is 0 Å². The monoisotopic (exact) mass is 351 g/mol. The molecule has 0 aliphatic carbocycles. The first-order valence-electron chi connectivity index (χ1n) is 6.05. The fourth-order valence-corrected chi connectivity index (χ4v) is 3.35. The molecule has 0 saturated carbocycles. The Morgan fingerprint density at radius 2 is 1.80 bits per heavy atom. The van der Waals surface area contributed by atoms with Gasteiger partial charge in [-0.1, -0.05) is 40.2 Å². The largest absolute Gasteiger partial charge is 0.355 e. The number of carbonyl (C=O) groups is 1. The Hall–Kier alpha value is -1.46. The third kappa shape index (κ3) is 3.55. The van der Waals surface area contributed by atoms with Gasteiger partial charge in [0.05, 0.1) is 27.0 Å². The molecule has 2 rings (SSSR count). The van der Waals surface area contributed by atoms with E-state index in [1.807, 2.05) is 24.3 Å². The summed E-state index contributed by atoms with van der Waals surface area (Å²) in [6.07, 6.45) is 0. The number of hydrogen-bond donors (Lipinski definition) is 1. The minimum atomic E-state index is -1.25. The van der Waals surface area contributed by atoms with Gasteiger partial charge in [-0.25, -0.2) is 0 Å². The maximum atomic E-state index is 12.5. The summed E-state index contributed by atoms with van der Waals surface area (Å²) >= 11 is 3.37. The fraction of sp³-hybridized carbons (Fsp3) is 0.133. The molecule has 0 unspecified atom stereocenters. The van der Waals surface area contributed by atoms with E-state index in [0.29, 0.717) is 16.2 Å². The summed E-state index contributed by atoms with van der Waals surface area (Å²) in [5, 5.41) is 2.57. The van der Waals surface area contributed by atoms with Crippen molar-refractivity contribution in [2.45, 2.75) is 10.6 Å². The van der Waals surface area contributed by atoms with E-state index in [4.69, 9.17) is 0 Å². The third-order valence-electron chi connectivity index (χ3n) is 2.82. The van der Waals surface area contributed by atoms with Crippen LogP contribution in [0.15, 0.2) is 57.9 Å². The molecular weight excluding hydrogens is 338 g/mol. The summed E-state index contributed by atoms with van der Waals surface area (Å²) in [6, 6.07) is 14.7. The van der Waals surface area contributed by atoms with Gasteiger partial charge in [0.2, 0.25) is 0 Å². The highest BCUT2D eigenvalue weighted by Gasteiger charge is 2.14. The average Bonchev–Trinajstić information content (AvgIpc) is 2.48. The molecule has 1 amide bonds. The standard InChI is InChI=1S/C15H14BrNO2S/c1-17-15(18)13-4-2-3-5-14(13)20(19)10-11-6-8-12(16)9-7-11/h2-9H,10H2,1H3,(H,17,18)/t20-/m1/s1. The second-order valence-corrected chi connectivity index (χ2v) is 6.53. The first-order chi connectivity index (χ1) is 9.61. The molecule has 0 bridgehead atoms. The van der Waals surface area contributed by atoms with Crippen LogP contribution in [0.2, 0.25) is 0 Å². The average molecular weight is 352 g/mol. The second kappa shape index (κ2) is 6.81. The lowest BCUT2D eigenvalue weighted by Gasteiger charge is -2.08. The van der Waals surface area contributed by atoms with Crippen molar-refractivity contribution in [1.82, 2.24) is 5.32 Å². The first-order valence-corrected chi connectivity index (χ1v) is 8.17. The van der Waals surface area contributed by atoms with Crippen molar-refractivity contribution in [1.29, 1.82) is 0 Å². The number of rotatable bonds is 4. The highest BCUT2D eigenvalue weighted by molar-refractivity contribution is 9.10. The summed E-state index contributed by atoms with van der Waals surface area (Å²) in [6.45, 7) is 0. The van der Waals surface area contributed by atoms with Crippen LogP contribution < -0.4 is 5.32 Å². The Morgan fingerprint density at radius 3 is 2.45 bits per heavy atom. The van der Waals surface area contributed by atoms with Gasteiger partial charge in [-0.3, -0.25) is 9.00 Å². The molecule has 2 aromatic rings. The molecule has 2 aromatic carbocycles. The number of hydrogen-bond acceptors (Lipinski definition) is 2. The van der Waals surface area contributed by atoms with Crippen LogP contribution in [0.5, 0.6) is 0 Å². The second-order valence-electron chi connectivity index (χ2n) is 4.19. The molecule has 0 radical (unpaired) electrons. The van der Waals surface area contributed by atoms with Gasteiger partial charge >= 0.3 is 0 Å². The smallest absolute Gasteiger partial charge is 0.252 e. The molecule has 20 heavy (non-hydrogen) atoms. The summed E-state index contributed by atoms with van der Waals surface area (Å²) in [5.41, 5.74) is 1.43. The fourth-order valence-electron chi connectivity index (χ4n) is 1.80. The summed E-state index contributed by atoms with van der Waals surface area (Å²) in [5.74, 6) is 0.172. The van der Waals surface area contributed by atoms with Crippen molar-refractivity contribution in [3.8, 4) is 0 Å². The van der Waals surface area contributed by atoms with E-state index in [9.17, 15) is 9.00 Å². The molecule has 3 nitrogen and oxygen atoms in total. The Labute approximate surface area is 129 Å². The van der Waals surface area contributed by atoms with Crippen LogP contribution in [-0.2, 0) is 16.6 Å². The highest BCUT2D eigenvalue weighted by atomic mass is 79.9. The minimum Gasteiger partial charge on any atom is -0.355 e. The zero-order chi connectivity index (χ0) is 14.5. The first kappa shape index (κ1) is 14.9. The molecule has 0 aliphatic rings. The maximum Gasteiger partial charge on any atom is 0.252 e. The molecule has 0 fully saturated rings. The molecule has 1 atom stereocenters. The number of amides is 1. The van der Waals surface area contributed by atoms with E-state index in [-0.39, 0.29) is 5.91 Å². The third-order valence-corrected chi connectivity index (χ3v) is 4.79. The molecular formula is C15H14BrNO2S. The van der Waals surface area contributed by atoms with Gasteiger partial charge in [-0.2, -0.15) is 0 Å². The number of nitrogens with one attached hydrogen (secondary N) is 1. The van der Waals surface area contributed by atoms with E-state index in [1.165, 1.54) is 0 Å². The van der Waals surface area contributed by atoms with Crippen LogP contribution in [0.25, 0.3) is 0 Å². The molecule has 1 N–H and O–H groups in total. The van der Waals surface area contributed by atoms with E-state index in [0.717, 1.165) is 10.0 Å². The van der Waals surface area contributed by atoms with E-state index >= 15 is 0 Å². The lowest BCUT2D eigenvalue weighted by Crippen LogP contribution is -2.20. The molecule has 104 valence electrons. The number of benzene rings is 2. The molecule has 0 heterocycles. The minimum absolute atomic E-state index is 0.218. The van der Waals surface area contributed by atoms with Crippen LogP contribution in [0.4, 0.5) is 0 Å². The van der Waals surface area contributed by atoms with Crippen LogP contribution in [0, 0.1) is 0 Å². The van der Waals surface area contributed by atoms with Crippen molar-refractivity contribution in [3.05, 3.63) is 64.1 Å². The maximum absolute atomic E-state index is 12.5. The van der Waals surface area contributed by atoms with Gasteiger partial charge in [0.1, 0.15) is 0 Å². The van der Waals surface area contributed by atoms with Crippen molar-refractivity contribution in [2.75, 3.05) is 7.05 Å². The zero-order valence-electron chi connectivity index (χ0n) is 10.9. The number of carbonyl (C=O) groups excluding carboxylic acids is 1. The van der Waals surface area contributed by atoms with Gasteiger partial charge in [-0.15, -0.1) is 0 Å². The number of halogens is 1. The summed E-state index contributed by atoms with van der Waals surface area (Å²) in [7, 11) is 0.315. The van der Waals surface area contributed by atoms with Crippen molar-refractivity contribution >= 4 is 32.6 Å². The van der Waals surface area contributed by atoms with Gasteiger partial charge in [0.25, 0.3) is 5.91 Å². The Kier molecular flexibility index (Phi) is 5.09. The Bertz CT molecular complexity index is 641. The molecule has 0 spiro atoms. The predicted molar refractivity (Wildman–Crippen MR) is 84.1 cm³/mol. The SMILES string of the molecule is CNC(=O)c1ccccc1[S@](=O)Cc1ccc(Br)cc1. The topological polar surface area (TPSA) is 46.2 Å². The quantitative estimate of drug-likeness (QED) is 0.919. The van der Waals surface area contributed by atoms with Crippen LogP contribution in [0.1, 0.15) is 15.9 Å². The van der Waals surface area contributed by atoms with Gasteiger partial charge in [0, 0.05) is 11.5 Å². The van der Waals surface area contributed by atoms with Crippen molar-refractivity contribution < 1.29 is 9.00 Å². The van der Waals surface area contributed by atoms with E-state index in [1.54, 1.807) is 31.3 Å². The molecule has 0 aliphatic heterocycles. The summed E-state index contributed by atoms with van der Waals surface area (Å²) < 4.78 is 13.4.